The molecule has 2 aromatic rings. The Morgan fingerprint density at radius 3 is 2.58 bits per heavy atom. The minimum absolute atomic E-state index is 0.221. The zero-order valence-electron chi connectivity index (χ0n) is 9.63. The van der Waals surface area contributed by atoms with Gasteiger partial charge >= 0.3 is 6.18 Å². The van der Waals surface area contributed by atoms with Gasteiger partial charge in [0.05, 0.1) is 5.52 Å². The van der Waals surface area contributed by atoms with Crippen molar-refractivity contribution in [3.8, 4) is 0 Å². The molecule has 3 nitrogen and oxygen atoms in total. The molecule has 0 saturated heterocycles. The van der Waals surface area contributed by atoms with E-state index in [1.54, 1.807) is 18.2 Å². The van der Waals surface area contributed by atoms with Crippen molar-refractivity contribution in [3.05, 3.63) is 28.5 Å². The standard InChI is InChI=1S/C12H9BrF3N3/c13-6-1-4-9-8(5-6)10(17-7-2-3-7)19-11(18-9)12(14,15)16/h1,4-5,7H,2-3H2,(H,17,18,19). The number of benzene rings is 1. The third kappa shape index (κ3) is 2.65. The maximum absolute atomic E-state index is 12.8. The number of halogens is 4. The summed E-state index contributed by atoms with van der Waals surface area (Å²) in [7, 11) is 0. The highest BCUT2D eigenvalue weighted by atomic mass is 79.9. The molecule has 0 unspecified atom stereocenters. The van der Waals surface area contributed by atoms with Crippen LogP contribution in [-0.2, 0) is 6.18 Å². The normalized spacial score (nSPS) is 15.8. The quantitative estimate of drug-likeness (QED) is 0.904. The summed E-state index contributed by atoms with van der Waals surface area (Å²) in [6.07, 6.45) is -2.62. The summed E-state index contributed by atoms with van der Waals surface area (Å²) < 4.78 is 39.1. The first-order valence-electron chi connectivity index (χ1n) is 5.74. The number of aromatic nitrogens is 2. The summed E-state index contributed by atoms with van der Waals surface area (Å²) in [6, 6.07) is 5.16. The summed E-state index contributed by atoms with van der Waals surface area (Å²) >= 11 is 3.30. The molecule has 1 saturated carbocycles. The molecular weight excluding hydrogens is 323 g/mol. The van der Waals surface area contributed by atoms with Crippen LogP contribution in [-0.4, -0.2) is 16.0 Å². The predicted molar refractivity (Wildman–Crippen MR) is 68.9 cm³/mol. The van der Waals surface area contributed by atoms with Crippen LogP contribution in [0.3, 0.4) is 0 Å². The van der Waals surface area contributed by atoms with Crippen LogP contribution in [0.2, 0.25) is 0 Å². The van der Waals surface area contributed by atoms with E-state index in [4.69, 9.17) is 0 Å². The zero-order valence-corrected chi connectivity index (χ0v) is 11.2. The molecule has 19 heavy (non-hydrogen) atoms. The van der Waals surface area contributed by atoms with Gasteiger partial charge in [-0.15, -0.1) is 0 Å². The highest BCUT2D eigenvalue weighted by molar-refractivity contribution is 9.10. The van der Waals surface area contributed by atoms with Gasteiger partial charge in [-0.1, -0.05) is 15.9 Å². The summed E-state index contributed by atoms with van der Waals surface area (Å²) in [5, 5.41) is 3.62. The van der Waals surface area contributed by atoms with Gasteiger partial charge in [-0.05, 0) is 31.0 Å². The van der Waals surface area contributed by atoms with Gasteiger partial charge in [-0.3, -0.25) is 0 Å². The first kappa shape index (κ1) is 12.7. The van der Waals surface area contributed by atoms with Crippen molar-refractivity contribution in [1.29, 1.82) is 0 Å². The third-order valence-corrected chi connectivity index (χ3v) is 3.32. The smallest absolute Gasteiger partial charge is 0.367 e. The van der Waals surface area contributed by atoms with Crippen molar-refractivity contribution in [2.45, 2.75) is 25.1 Å². The van der Waals surface area contributed by atoms with Gasteiger partial charge in [0.1, 0.15) is 5.82 Å². The number of nitrogens with one attached hydrogen (secondary N) is 1. The Bertz CT molecular complexity index is 638. The molecule has 0 spiro atoms. The molecule has 0 atom stereocenters. The Labute approximate surface area is 115 Å². The minimum atomic E-state index is -4.54. The Hall–Kier alpha value is -1.37. The van der Waals surface area contributed by atoms with Gasteiger partial charge in [-0.25, -0.2) is 9.97 Å². The molecule has 1 aliphatic carbocycles. The maximum atomic E-state index is 12.8. The van der Waals surface area contributed by atoms with Crippen molar-refractivity contribution in [2.24, 2.45) is 0 Å². The summed E-state index contributed by atoms with van der Waals surface area (Å²) in [6.45, 7) is 0. The second-order valence-corrected chi connectivity index (χ2v) is 5.39. The topological polar surface area (TPSA) is 37.8 Å². The highest BCUT2D eigenvalue weighted by Crippen LogP contribution is 2.33. The van der Waals surface area contributed by atoms with E-state index >= 15 is 0 Å². The number of rotatable bonds is 2. The molecule has 0 bridgehead atoms. The number of alkyl halides is 3. The number of nitrogens with zero attached hydrogens (tertiary/aromatic N) is 2. The van der Waals surface area contributed by atoms with Crippen LogP contribution in [0.1, 0.15) is 18.7 Å². The number of hydrogen-bond acceptors (Lipinski definition) is 3. The fraction of sp³-hybridized carbons (Fsp3) is 0.333. The molecule has 1 fully saturated rings. The Morgan fingerprint density at radius 1 is 1.21 bits per heavy atom. The van der Waals surface area contributed by atoms with Crippen molar-refractivity contribution >= 4 is 32.7 Å². The molecule has 7 heteroatoms. The fourth-order valence-corrected chi connectivity index (χ4v) is 2.12. The molecule has 1 aromatic carbocycles. The molecule has 0 amide bonds. The van der Waals surface area contributed by atoms with Crippen LogP contribution in [0, 0.1) is 0 Å². The molecule has 1 N–H and O–H groups in total. The lowest BCUT2D eigenvalue weighted by Crippen LogP contribution is -2.14. The first-order valence-corrected chi connectivity index (χ1v) is 6.54. The highest BCUT2D eigenvalue weighted by Gasteiger charge is 2.36. The van der Waals surface area contributed by atoms with E-state index in [0.29, 0.717) is 5.39 Å². The Kier molecular flexibility index (Phi) is 2.88. The second-order valence-electron chi connectivity index (χ2n) is 4.47. The van der Waals surface area contributed by atoms with Crippen LogP contribution in [0.15, 0.2) is 22.7 Å². The van der Waals surface area contributed by atoms with E-state index in [0.717, 1.165) is 17.3 Å². The average molecular weight is 332 g/mol. The molecule has 100 valence electrons. The second kappa shape index (κ2) is 4.33. The van der Waals surface area contributed by atoms with Crippen molar-refractivity contribution < 1.29 is 13.2 Å². The lowest BCUT2D eigenvalue weighted by molar-refractivity contribution is -0.144. The van der Waals surface area contributed by atoms with Gasteiger partial charge in [0.15, 0.2) is 0 Å². The maximum Gasteiger partial charge on any atom is 0.451 e. The van der Waals surface area contributed by atoms with Gasteiger partial charge in [-0.2, -0.15) is 13.2 Å². The number of fused-ring (bicyclic) bond motifs is 1. The van der Waals surface area contributed by atoms with Crippen LogP contribution in [0.25, 0.3) is 10.9 Å². The third-order valence-electron chi connectivity index (χ3n) is 2.83. The van der Waals surface area contributed by atoms with E-state index in [1.165, 1.54) is 0 Å². The molecule has 0 aliphatic heterocycles. The lowest BCUT2D eigenvalue weighted by Gasteiger charge is -2.12. The van der Waals surface area contributed by atoms with Crippen LogP contribution >= 0.6 is 15.9 Å². The molecule has 0 radical (unpaired) electrons. The van der Waals surface area contributed by atoms with E-state index in [1.807, 2.05) is 0 Å². The molecule has 1 heterocycles. The van der Waals surface area contributed by atoms with Crippen molar-refractivity contribution in [2.75, 3.05) is 5.32 Å². The van der Waals surface area contributed by atoms with Crippen LogP contribution in [0.5, 0.6) is 0 Å². The van der Waals surface area contributed by atoms with Crippen LogP contribution < -0.4 is 5.32 Å². The molecule has 1 aromatic heterocycles. The average Bonchev–Trinajstić information content (AvgIpc) is 3.12. The predicted octanol–water partition coefficient (Wildman–Crippen LogP) is 3.99. The Morgan fingerprint density at radius 2 is 1.95 bits per heavy atom. The Balaban J connectivity index is 2.18. The van der Waals surface area contributed by atoms with Crippen molar-refractivity contribution in [1.82, 2.24) is 9.97 Å². The SMILES string of the molecule is FC(F)(F)c1nc(NC2CC2)c2cc(Br)ccc2n1. The summed E-state index contributed by atoms with van der Waals surface area (Å²) in [5.74, 6) is -0.855. The van der Waals surface area contributed by atoms with Crippen molar-refractivity contribution in [3.63, 3.8) is 0 Å². The van der Waals surface area contributed by atoms with Gasteiger partial charge < -0.3 is 5.32 Å². The van der Waals surface area contributed by atoms with Gasteiger partial charge in [0, 0.05) is 15.9 Å². The number of hydrogen-bond donors (Lipinski definition) is 1. The summed E-state index contributed by atoms with van der Waals surface area (Å²) in [4.78, 5) is 7.20. The van der Waals surface area contributed by atoms with Crippen LogP contribution in [0.4, 0.5) is 19.0 Å². The van der Waals surface area contributed by atoms with Gasteiger partial charge in [0.2, 0.25) is 5.82 Å². The number of anilines is 1. The monoisotopic (exact) mass is 331 g/mol. The largest absolute Gasteiger partial charge is 0.451 e. The minimum Gasteiger partial charge on any atom is -0.367 e. The molecule has 3 rings (SSSR count). The fourth-order valence-electron chi connectivity index (χ4n) is 1.76. The van der Waals surface area contributed by atoms with E-state index < -0.39 is 12.0 Å². The van der Waals surface area contributed by atoms with E-state index in [2.05, 4.69) is 31.2 Å². The van der Waals surface area contributed by atoms with E-state index in [-0.39, 0.29) is 17.4 Å². The molecular formula is C12H9BrF3N3. The summed E-state index contributed by atoms with van der Waals surface area (Å²) in [5.41, 5.74) is 0.286. The first-order chi connectivity index (χ1) is 8.93. The molecule has 1 aliphatic rings. The van der Waals surface area contributed by atoms with Gasteiger partial charge in [0.25, 0.3) is 0 Å². The zero-order chi connectivity index (χ0) is 13.6. The van der Waals surface area contributed by atoms with E-state index in [9.17, 15) is 13.2 Å². The lowest BCUT2D eigenvalue weighted by atomic mass is 10.2.